The van der Waals surface area contributed by atoms with E-state index in [9.17, 15) is 18.0 Å². The summed E-state index contributed by atoms with van der Waals surface area (Å²) in [4.78, 5) is 17.2. The van der Waals surface area contributed by atoms with Crippen LogP contribution < -0.4 is 0 Å². The lowest BCUT2D eigenvalue weighted by Gasteiger charge is -2.51. The van der Waals surface area contributed by atoms with Crippen LogP contribution in [0, 0.1) is 23.4 Å². The van der Waals surface area contributed by atoms with E-state index in [0.29, 0.717) is 11.5 Å². The standard InChI is InChI=1S/C22H21F3N2O/c23-17-6-2-1-4-15(17)22(28)27-12-16(14-5-3-7-18(24)19(14)25)21-20(27)13-8-10-26(21)11-9-13/h1-7,13,16,20-21H,8-12H2/t16-,20+,21+/m1/s1. The van der Waals surface area contributed by atoms with E-state index < -0.39 is 17.5 Å². The lowest BCUT2D eigenvalue weighted by Crippen LogP contribution is -2.60. The molecule has 0 aromatic heterocycles. The predicted molar refractivity (Wildman–Crippen MR) is 98.4 cm³/mol. The Balaban J connectivity index is 1.57. The third kappa shape index (κ3) is 2.58. The fourth-order valence-corrected chi connectivity index (χ4v) is 5.52. The zero-order valence-electron chi connectivity index (χ0n) is 15.3. The first-order chi connectivity index (χ1) is 13.6. The molecular weight excluding hydrogens is 365 g/mol. The van der Waals surface area contributed by atoms with E-state index in [1.807, 2.05) is 0 Å². The molecule has 2 bridgehead atoms. The number of likely N-dealkylation sites (tertiary alicyclic amines) is 1. The van der Waals surface area contributed by atoms with Crippen LogP contribution >= 0.6 is 0 Å². The summed E-state index contributed by atoms with van der Waals surface area (Å²) in [6.45, 7) is 2.08. The van der Waals surface area contributed by atoms with Crippen molar-refractivity contribution in [3.63, 3.8) is 0 Å². The van der Waals surface area contributed by atoms with Crippen LogP contribution in [-0.2, 0) is 0 Å². The molecule has 0 spiro atoms. The second-order valence-corrected chi connectivity index (χ2v) is 8.04. The third-order valence-electron chi connectivity index (χ3n) is 6.74. The molecule has 0 unspecified atom stereocenters. The molecule has 6 rings (SSSR count). The van der Waals surface area contributed by atoms with Crippen molar-refractivity contribution in [2.45, 2.75) is 30.8 Å². The lowest BCUT2D eigenvalue weighted by atomic mass is 9.75. The molecule has 4 saturated heterocycles. The smallest absolute Gasteiger partial charge is 0.257 e. The Morgan fingerprint density at radius 3 is 2.36 bits per heavy atom. The molecule has 4 fully saturated rings. The molecule has 1 amide bonds. The van der Waals surface area contributed by atoms with Crippen molar-refractivity contribution in [3.05, 3.63) is 71.0 Å². The van der Waals surface area contributed by atoms with Gasteiger partial charge in [0, 0.05) is 18.5 Å². The lowest BCUT2D eigenvalue weighted by molar-refractivity contribution is -0.00372. The van der Waals surface area contributed by atoms with Crippen LogP contribution in [0.25, 0.3) is 0 Å². The van der Waals surface area contributed by atoms with Crippen LogP contribution in [0.5, 0.6) is 0 Å². The summed E-state index contributed by atoms with van der Waals surface area (Å²) in [5.41, 5.74) is 0.351. The molecule has 28 heavy (non-hydrogen) atoms. The number of halogens is 3. The maximum atomic E-state index is 14.6. The number of piperidine rings is 3. The average Bonchev–Trinajstić information content (AvgIpc) is 3.13. The Hall–Kier alpha value is -2.34. The topological polar surface area (TPSA) is 23.6 Å². The van der Waals surface area contributed by atoms with Gasteiger partial charge in [-0.1, -0.05) is 24.3 Å². The largest absolute Gasteiger partial charge is 0.333 e. The minimum atomic E-state index is -0.871. The fraction of sp³-hybridized carbons (Fsp3) is 0.409. The van der Waals surface area contributed by atoms with Gasteiger partial charge >= 0.3 is 0 Å². The molecule has 0 saturated carbocycles. The molecule has 0 N–H and O–H groups in total. The molecule has 146 valence electrons. The second kappa shape index (κ2) is 6.62. The van der Waals surface area contributed by atoms with Gasteiger partial charge in [-0.15, -0.1) is 0 Å². The Morgan fingerprint density at radius 1 is 0.893 bits per heavy atom. The van der Waals surface area contributed by atoms with E-state index in [2.05, 4.69) is 4.90 Å². The van der Waals surface area contributed by atoms with Crippen LogP contribution in [0.4, 0.5) is 13.2 Å². The molecule has 4 aliphatic heterocycles. The van der Waals surface area contributed by atoms with Gasteiger partial charge in [0.25, 0.3) is 5.91 Å². The Labute approximate surface area is 161 Å². The van der Waals surface area contributed by atoms with E-state index in [-0.39, 0.29) is 36.0 Å². The van der Waals surface area contributed by atoms with Crippen molar-refractivity contribution in [1.29, 1.82) is 0 Å². The number of nitrogens with zero attached hydrogens (tertiary/aromatic N) is 2. The van der Waals surface area contributed by atoms with Gasteiger partial charge in [0.2, 0.25) is 0 Å². The van der Waals surface area contributed by atoms with Crippen molar-refractivity contribution in [3.8, 4) is 0 Å². The number of carbonyl (C=O) groups is 1. The summed E-state index contributed by atoms with van der Waals surface area (Å²) < 4.78 is 42.8. The Bertz CT molecular complexity index is 926. The summed E-state index contributed by atoms with van der Waals surface area (Å²) in [5.74, 6) is -2.63. The molecule has 3 atom stereocenters. The first kappa shape index (κ1) is 17.7. The molecule has 3 nitrogen and oxygen atoms in total. The van der Waals surface area contributed by atoms with E-state index >= 15 is 0 Å². The summed E-state index contributed by atoms with van der Waals surface area (Å²) in [7, 11) is 0. The van der Waals surface area contributed by atoms with Gasteiger partial charge in [-0.25, -0.2) is 13.2 Å². The minimum absolute atomic E-state index is 0.0399. The Kier molecular flexibility index (Phi) is 4.19. The maximum Gasteiger partial charge on any atom is 0.257 e. The number of fused-ring (bicyclic) bond motifs is 2. The van der Waals surface area contributed by atoms with Crippen molar-refractivity contribution in [2.75, 3.05) is 19.6 Å². The van der Waals surface area contributed by atoms with Crippen molar-refractivity contribution < 1.29 is 18.0 Å². The van der Waals surface area contributed by atoms with Gasteiger partial charge in [-0.3, -0.25) is 9.69 Å². The number of benzene rings is 2. The molecule has 6 heteroatoms. The van der Waals surface area contributed by atoms with Gasteiger partial charge in [-0.05, 0) is 55.6 Å². The maximum absolute atomic E-state index is 14.6. The molecule has 4 aliphatic rings. The van der Waals surface area contributed by atoms with Gasteiger partial charge < -0.3 is 4.90 Å². The predicted octanol–water partition coefficient (Wildman–Crippen LogP) is 3.81. The van der Waals surface area contributed by atoms with E-state index in [0.717, 1.165) is 32.0 Å². The first-order valence-corrected chi connectivity index (χ1v) is 9.79. The number of rotatable bonds is 2. The van der Waals surface area contributed by atoms with Crippen LogP contribution in [0.3, 0.4) is 0 Å². The third-order valence-corrected chi connectivity index (χ3v) is 6.74. The van der Waals surface area contributed by atoms with Crippen LogP contribution in [0.15, 0.2) is 42.5 Å². The quantitative estimate of drug-likeness (QED) is 0.784. The highest BCUT2D eigenvalue weighted by Crippen LogP contribution is 2.47. The molecule has 2 aromatic rings. The van der Waals surface area contributed by atoms with E-state index in [4.69, 9.17) is 0 Å². The molecule has 4 heterocycles. The zero-order valence-corrected chi connectivity index (χ0v) is 15.3. The highest BCUT2D eigenvalue weighted by molar-refractivity contribution is 5.95. The normalized spacial score (nSPS) is 31.1. The summed E-state index contributed by atoms with van der Waals surface area (Å²) in [5, 5.41) is 0. The number of carbonyl (C=O) groups excluding carboxylic acids is 1. The van der Waals surface area contributed by atoms with Crippen molar-refractivity contribution >= 4 is 5.91 Å². The minimum Gasteiger partial charge on any atom is -0.333 e. The van der Waals surface area contributed by atoms with Crippen molar-refractivity contribution in [1.82, 2.24) is 9.80 Å². The van der Waals surface area contributed by atoms with Gasteiger partial charge in [-0.2, -0.15) is 0 Å². The zero-order chi connectivity index (χ0) is 19.4. The SMILES string of the molecule is O=C(c1ccccc1F)N1C[C@H](c2cccc(F)c2F)[C@H]2[C@@H]1C1CCN2CC1. The highest BCUT2D eigenvalue weighted by Gasteiger charge is 2.55. The first-order valence-electron chi connectivity index (χ1n) is 9.79. The van der Waals surface area contributed by atoms with Crippen molar-refractivity contribution in [2.24, 2.45) is 5.92 Å². The monoisotopic (exact) mass is 386 g/mol. The second-order valence-electron chi connectivity index (χ2n) is 8.04. The summed E-state index contributed by atoms with van der Waals surface area (Å²) >= 11 is 0. The van der Waals surface area contributed by atoms with Gasteiger partial charge in [0.15, 0.2) is 11.6 Å². The molecule has 2 aromatic carbocycles. The summed E-state index contributed by atoms with van der Waals surface area (Å²) in [6.07, 6.45) is 1.95. The highest BCUT2D eigenvalue weighted by atomic mass is 19.2. The van der Waals surface area contributed by atoms with Crippen LogP contribution in [0.2, 0.25) is 0 Å². The van der Waals surface area contributed by atoms with Gasteiger partial charge in [0.1, 0.15) is 5.82 Å². The van der Waals surface area contributed by atoms with Crippen LogP contribution in [-0.4, -0.2) is 47.4 Å². The molecule has 0 radical (unpaired) electrons. The fourth-order valence-electron chi connectivity index (χ4n) is 5.52. The number of amides is 1. The van der Waals surface area contributed by atoms with Crippen LogP contribution in [0.1, 0.15) is 34.7 Å². The Morgan fingerprint density at radius 2 is 1.61 bits per heavy atom. The molecular formula is C22H21F3N2O. The van der Waals surface area contributed by atoms with E-state index in [1.165, 1.54) is 18.2 Å². The van der Waals surface area contributed by atoms with Gasteiger partial charge in [0.05, 0.1) is 11.6 Å². The average molecular weight is 386 g/mol. The number of hydrogen-bond acceptors (Lipinski definition) is 2. The summed E-state index contributed by atoms with van der Waals surface area (Å²) in [6, 6.07) is 10.1. The number of hydrogen-bond donors (Lipinski definition) is 0. The molecule has 0 aliphatic carbocycles. The van der Waals surface area contributed by atoms with E-state index in [1.54, 1.807) is 23.1 Å².